The number of benzene rings is 2. The van der Waals surface area contributed by atoms with E-state index in [4.69, 9.17) is 4.74 Å². The molecule has 1 aromatic heterocycles. The van der Waals surface area contributed by atoms with E-state index in [9.17, 15) is 8.42 Å². The molecule has 0 radical (unpaired) electrons. The van der Waals surface area contributed by atoms with Gasteiger partial charge < -0.3 is 4.74 Å². The average Bonchev–Trinajstić information content (AvgIpc) is 3.12. The van der Waals surface area contributed by atoms with E-state index >= 15 is 0 Å². The van der Waals surface area contributed by atoms with Crippen molar-refractivity contribution >= 4 is 38.3 Å². The molecule has 0 unspecified atom stereocenters. The van der Waals surface area contributed by atoms with Crippen molar-refractivity contribution in [3.05, 3.63) is 59.5 Å². The van der Waals surface area contributed by atoms with Crippen molar-refractivity contribution in [2.24, 2.45) is 5.10 Å². The highest BCUT2D eigenvalue weighted by Crippen LogP contribution is 2.26. The van der Waals surface area contributed by atoms with Gasteiger partial charge in [0.25, 0.3) is 10.0 Å². The smallest absolute Gasteiger partial charge is 0.286 e. The van der Waals surface area contributed by atoms with Crippen LogP contribution in [0.25, 0.3) is 10.8 Å². The second kappa shape index (κ2) is 7.02. The maximum atomic E-state index is 12.1. The van der Waals surface area contributed by atoms with Crippen molar-refractivity contribution in [2.75, 3.05) is 6.61 Å². The Bertz CT molecular complexity index is 965. The lowest BCUT2D eigenvalue weighted by Crippen LogP contribution is -2.17. The van der Waals surface area contributed by atoms with Gasteiger partial charge in [-0.15, -0.1) is 11.3 Å². The van der Waals surface area contributed by atoms with Crippen molar-refractivity contribution in [3.63, 3.8) is 0 Å². The molecule has 7 heteroatoms. The van der Waals surface area contributed by atoms with E-state index in [1.165, 1.54) is 12.3 Å². The van der Waals surface area contributed by atoms with Crippen LogP contribution in [-0.4, -0.2) is 21.2 Å². The Morgan fingerprint density at radius 2 is 2.00 bits per heavy atom. The van der Waals surface area contributed by atoms with Gasteiger partial charge in [-0.05, 0) is 35.2 Å². The Hall–Kier alpha value is -2.38. The quantitative estimate of drug-likeness (QED) is 0.539. The van der Waals surface area contributed by atoms with E-state index < -0.39 is 10.0 Å². The number of ether oxygens (including phenoxy) is 1. The lowest BCUT2D eigenvalue weighted by atomic mass is 10.0. The lowest BCUT2D eigenvalue weighted by Gasteiger charge is -2.10. The minimum atomic E-state index is -3.64. The zero-order chi connectivity index (χ0) is 17.0. The molecule has 3 rings (SSSR count). The van der Waals surface area contributed by atoms with Gasteiger partial charge in [0.1, 0.15) is 9.96 Å². The molecule has 0 fully saturated rings. The molecule has 0 saturated heterocycles. The van der Waals surface area contributed by atoms with Gasteiger partial charge in [-0.3, -0.25) is 0 Å². The van der Waals surface area contributed by atoms with E-state index in [0.717, 1.165) is 27.7 Å². The lowest BCUT2D eigenvalue weighted by molar-refractivity contribution is 0.340. The molecule has 3 aromatic rings. The van der Waals surface area contributed by atoms with Crippen LogP contribution in [0.5, 0.6) is 5.75 Å². The summed E-state index contributed by atoms with van der Waals surface area (Å²) in [7, 11) is -3.64. The first-order valence-electron chi connectivity index (χ1n) is 7.35. The van der Waals surface area contributed by atoms with Crippen molar-refractivity contribution in [1.29, 1.82) is 0 Å². The Morgan fingerprint density at radius 1 is 1.17 bits per heavy atom. The molecule has 1 heterocycles. The minimum absolute atomic E-state index is 0.225. The molecule has 0 spiro atoms. The topological polar surface area (TPSA) is 67.8 Å². The molecule has 124 valence electrons. The van der Waals surface area contributed by atoms with E-state index in [1.54, 1.807) is 11.4 Å². The van der Waals surface area contributed by atoms with Crippen molar-refractivity contribution in [3.8, 4) is 5.75 Å². The SMILES string of the molecule is CCOc1ccc2ccccc2c1/C=N/NS(=O)(=O)c1cccs1. The fourth-order valence-electron chi connectivity index (χ4n) is 2.31. The summed E-state index contributed by atoms with van der Waals surface area (Å²) in [5.74, 6) is 0.662. The third-order valence-electron chi connectivity index (χ3n) is 3.36. The van der Waals surface area contributed by atoms with Crippen molar-refractivity contribution in [1.82, 2.24) is 4.83 Å². The Labute approximate surface area is 144 Å². The number of fused-ring (bicyclic) bond motifs is 1. The van der Waals surface area contributed by atoms with Gasteiger partial charge in [0, 0.05) is 5.56 Å². The summed E-state index contributed by atoms with van der Waals surface area (Å²) in [6.45, 7) is 2.41. The molecular formula is C17H16N2O3S2. The second-order valence-electron chi connectivity index (χ2n) is 4.92. The van der Waals surface area contributed by atoms with Crippen LogP contribution in [0.4, 0.5) is 0 Å². The molecule has 24 heavy (non-hydrogen) atoms. The highest BCUT2D eigenvalue weighted by molar-refractivity contribution is 7.91. The van der Waals surface area contributed by atoms with Gasteiger partial charge in [-0.2, -0.15) is 18.4 Å². The molecule has 5 nitrogen and oxygen atoms in total. The summed E-state index contributed by atoms with van der Waals surface area (Å²) in [6, 6.07) is 14.8. The minimum Gasteiger partial charge on any atom is -0.493 e. The third-order valence-corrected chi connectivity index (χ3v) is 5.98. The average molecular weight is 360 g/mol. The highest BCUT2D eigenvalue weighted by atomic mass is 32.2. The largest absolute Gasteiger partial charge is 0.493 e. The summed E-state index contributed by atoms with van der Waals surface area (Å²) in [6.07, 6.45) is 1.48. The summed E-state index contributed by atoms with van der Waals surface area (Å²) in [5, 5.41) is 7.61. The van der Waals surface area contributed by atoms with E-state index in [1.807, 2.05) is 43.3 Å². The van der Waals surface area contributed by atoms with Gasteiger partial charge in [0.05, 0.1) is 12.8 Å². The monoisotopic (exact) mass is 360 g/mol. The molecule has 0 aliphatic heterocycles. The van der Waals surface area contributed by atoms with Crippen LogP contribution >= 0.6 is 11.3 Å². The van der Waals surface area contributed by atoms with Gasteiger partial charge in [-0.25, -0.2) is 0 Å². The van der Waals surface area contributed by atoms with Crippen LogP contribution in [-0.2, 0) is 10.0 Å². The van der Waals surface area contributed by atoms with Gasteiger partial charge in [0.2, 0.25) is 0 Å². The van der Waals surface area contributed by atoms with Crippen LogP contribution in [0, 0.1) is 0 Å². The third kappa shape index (κ3) is 3.42. The zero-order valence-corrected chi connectivity index (χ0v) is 14.6. The first-order chi connectivity index (χ1) is 11.6. The number of rotatable bonds is 6. The Kier molecular flexibility index (Phi) is 4.82. The van der Waals surface area contributed by atoms with Crippen LogP contribution < -0.4 is 9.57 Å². The molecule has 0 bridgehead atoms. The number of nitrogens with one attached hydrogen (secondary N) is 1. The highest BCUT2D eigenvalue weighted by Gasteiger charge is 2.13. The molecule has 0 saturated carbocycles. The maximum absolute atomic E-state index is 12.1. The molecule has 0 aliphatic carbocycles. The van der Waals surface area contributed by atoms with Gasteiger partial charge >= 0.3 is 0 Å². The first kappa shape index (κ1) is 16.5. The van der Waals surface area contributed by atoms with Crippen LogP contribution in [0.1, 0.15) is 12.5 Å². The number of hydrazone groups is 1. The summed E-state index contributed by atoms with van der Waals surface area (Å²) in [5.41, 5.74) is 0.740. The van der Waals surface area contributed by atoms with Crippen molar-refractivity contribution < 1.29 is 13.2 Å². The van der Waals surface area contributed by atoms with Gasteiger partial charge in [-0.1, -0.05) is 36.4 Å². The zero-order valence-electron chi connectivity index (χ0n) is 13.0. The van der Waals surface area contributed by atoms with Gasteiger partial charge in [0.15, 0.2) is 0 Å². The molecule has 2 aromatic carbocycles. The fourth-order valence-corrected chi connectivity index (χ4v) is 4.08. The molecule has 1 N–H and O–H groups in total. The Balaban J connectivity index is 1.95. The Morgan fingerprint density at radius 3 is 2.75 bits per heavy atom. The second-order valence-corrected chi connectivity index (χ2v) is 7.75. The number of nitrogens with zero attached hydrogens (tertiary/aromatic N) is 1. The summed E-state index contributed by atoms with van der Waals surface area (Å²) < 4.78 is 30.1. The number of thiophene rings is 1. The summed E-state index contributed by atoms with van der Waals surface area (Å²) in [4.78, 5) is 2.24. The summed E-state index contributed by atoms with van der Waals surface area (Å²) >= 11 is 1.14. The molecule has 0 amide bonds. The van der Waals surface area contributed by atoms with Crippen LogP contribution in [0.3, 0.4) is 0 Å². The van der Waals surface area contributed by atoms with Crippen LogP contribution in [0.2, 0.25) is 0 Å². The number of hydrogen-bond acceptors (Lipinski definition) is 5. The maximum Gasteiger partial charge on any atom is 0.286 e. The normalized spacial score (nSPS) is 11.9. The predicted octanol–water partition coefficient (Wildman–Crippen LogP) is 3.61. The predicted molar refractivity (Wildman–Crippen MR) is 97.4 cm³/mol. The van der Waals surface area contributed by atoms with E-state index in [-0.39, 0.29) is 4.21 Å². The van der Waals surface area contributed by atoms with E-state index in [2.05, 4.69) is 9.93 Å². The molecule has 0 atom stereocenters. The molecular weight excluding hydrogens is 344 g/mol. The number of sulfonamides is 1. The fraction of sp³-hybridized carbons (Fsp3) is 0.118. The number of hydrogen-bond donors (Lipinski definition) is 1. The van der Waals surface area contributed by atoms with Crippen molar-refractivity contribution in [2.45, 2.75) is 11.1 Å². The molecule has 0 aliphatic rings. The first-order valence-corrected chi connectivity index (χ1v) is 9.71. The standard InChI is InChI=1S/C17H16N2O3S2/c1-2-22-16-10-9-13-6-3-4-7-14(13)15(16)12-18-19-24(20,21)17-8-5-11-23-17/h3-12,19H,2H2,1H3/b18-12+. The van der Waals surface area contributed by atoms with Crippen LogP contribution in [0.15, 0.2) is 63.2 Å². The van der Waals surface area contributed by atoms with E-state index in [0.29, 0.717) is 12.4 Å².